The first-order valence-electron chi connectivity index (χ1n) is 13.1. The summed E-state index contributed by atoms with van der Waals surface area (Å²) in [7, 11) is 3.17. The molecule has 3 aromatic heterocycles. The third kappa shape index (κ3) is 3.62. The van der Waals surface area contributed by atoms with Crippen LogP contribution in [0.15, 0.2) is 18.3 Å². The van der Waals surface area contributed by atoms with Crippen LogP contribution in [0.5, 0.6) is 0 Å². The Hall–Kier alpha value is -4.09. The minimum atomic E-state index is -2.80. The van der Waals surface area contributed by atoms with Crippen LogP contribution in [0.4, 0.5) is 23.0 Å². The highest BCUT2D eigenvalue weighted by Gasteiger charge is 2.33. The quantitative estimate of drug-likeness (QED) is 0.524. The number of nitrogens with zero attached hydrogens (tertiary/aromatic N) is 7. The number of aryl methyl sites for hydroxylation is 1. The second-order valence-corrected chi connectivity index (χ2v) is 7.83. The number of nitrogens with one attached hydrogen (secondary N) is 3. The second kappa shape index (κ2) is 7.80. The summed E-state index contributed by atoms with van der Waals surface area (Å²) in [5, 5.41) is 23.9. The van der Waals surface area contributed by atoms with Crippen LogP contribution in [0, 0.1) is 5.92 Å². The summed E-state index contributed by atoms with van der Waals surface area (Å²) in [5.41, 5.74) is 1.15. The van der Waals surface area contributed by atoms with E-state index in [-0.39, 0.29) is 40.5 Å². The summed E-state index contributed by atoms with van der Waals surface area (Å²) in [6.45, 7) is -5.28. The van der Waals surface area contributed by atoms with Gasteiger partial charge >= 0.3 is 0 Å². The van der Waals surface area contributed by atoms with Crippen molar-refractivity contribution < 1.29 is 17.8 Å². The highest BCUT2D eigenvalue weighted by molar-refractivity contribution is 6.00. The molecule has 3 N–H and O–H groups in total. The van der Waals surface area contributed by atoms with Gasteiger partial charge in [0.25, 0.3) is 5.91 Å². The number of aromatic nitrogens is 6. The number of amides is 2. The molecule has 0 bridgehead atoms. The Morgan fingerprint density at radius 2 is 2.06 bits per heavy atom. The standard InChI is InChI=1S/C21H24N10O2/c1-10-15-16(29-31(4)28-15)12-7-8-23-19(18(12)30(10)3)24-13-9-14(25-20(32)11-5-6-11)26-27-17(13)21(33)22-2/h7-11H,5-6H2,1-4H3,(H,22,33)(H2,23,24,25,26,32)/t10-/m0/s1/i1D3,2D3. The molecule has 2 aliphatic rings. The molecule has 12 heteroatoms. The lowest BCUT2D eigenvalue weighted by molar-refractivity contribution is -0.117. The highest BCUT2D eigenvalue weighted by Crippen LogP contribution is 2.45. The largest absolute Gasteiger partial charge is 0.363 e. The smallest absolute Gasteiger partial charge is 0.273 e. The van der Waals surface area contributed by atoms with Crippen molar-refractivity contribution >= 4 is 34.8 Å². The van der Waals surface area contributed by atoms with Gasteiger partial charge in [-0.15, -0.1) is 10.2 Å². The van der Waals surface area contributed by atoms with Crippen LogP contribution < -0.4 is 20.9 Å². The number of pyridine rings is 1. The van der Waals surface area contributed by atoms with Gasteiger partial charge in [0, 0.05) is 53.0 Å². The summed E-state index contributed by atoms with van der Waals surface area (Å²) < 4.78 is 46.6. The van der Waals surface area contributed by atoms with Gasteiger partial charge in [0.05, 0.1) is 17.4 Å². The summed E-state index contributed by atoms with van der Waals surface area (Å²) >= 11 is 0. The Morgan fingerprint density at radius 3 is 2.82 bits per heavy atom. The first kappa shape index (κ1) is 14.9. The number of rotatable bonds is 5. The lowest BCUT2D eigenvalue weighted by Gasteiger charge is -2.33. The molecule has 1 saturated carbocycles. The third-order valence-electron chi connectivity index (χ3n) is 5.49. The van der Waals surface area contributed by atoms with Gasteiger partial charge in [-0.25, -0.2) is 4.98 Å². The van der Waals surface area contributed by atoms with Gasteiger partial charge in [0.2, 0.25) is 5.91 Å². The van der Waals surface area contributed by atoms with Crippen molar-refractivity contribution in [2.75, 3.05) is 29.6 Å². The molecule has 0 spiro atoms. The minimum absolute atomic E-state index is 0.0116. The Morgan fingerprint density at radius 1 is 1.21 bits per heavy atom. The Balaban J connectivity index is 1.60. The van der Waals surface area contributed by atoms with E-state index < -0.39 is 25.8 Å². The van der Waals surface area contributed by atoms with Crippen molar-refractivity contribution in [3.8, 4) is 11.3 Å². The topological polar surface area (TPSA) is 143 Å². The summed E-state index contributed by atoms with van der Waals surface area (Å²) in [6, 6.07) is 1.84. The SMILES string of the molecule is [2H]C([2H])([2H])NC(=O)c1nnc(NC(=O)C2CC2)cc1Nc1nccc2c1N(C)[C@@H](C([2H])([2H])[2H])c1nn(C)nc1-2. The summed E-state index contributed by atoms with van der Waals surface area (Å²) in [4.78, 5) is 32.3. The molecule has 4 heterocycles. The monoisotopic (exact) mass is 454 g/mol. The normalized spacial score (nSPS) is 20.1. The lowest BCUT2D eigenvalue weighted by atomic mass is 9.99. The van der Waals surface area contributed by atoms with Crippen molar-refractivity contribution in [1.82, 2.24) is 35.5 Å². The molecule has 2 amide bonds. The number of carbonyl (C=O) groups is 2. The van der Waals surface area contributed by atoms with Gasteiger partial charge in [-0.3, -0.25) is 9.59 Å². The molecule has 1 atom stereocenters. The fraction of sp³-hybridized carbons (Fsp3) is 0.381. The maximum absolute atomic E-state index is 12.8. The van der Waals surface area contributed by atoms with Gasteiger partial charge in [0.1, 0.15) is 11.4 Å². The van der Waals surface area contributed by atoms with Crippen LogP contribution in [0.25, 0.3) is 11.3 Å². The van der Waals surface area contributed by atoms with E-state index in [1.54, 1.807) is 20.2 Å². The van der Waals surface area contributed by atoms with Gasteiger partial charge in [0.15, 0.2) is 17.3 Å². The van der Waals surface area contributed by atoms with Crippen LogP contribution >= 0.6 is 0 Å². The fourth-order valence-corrected chi connectivity index (χ4v) is 3.68. The van der Waals surface area contributed by atoms with E-state index in [0.717, 1.165) is 12.8 Å². The molecule has 0 saturated heterocycles. The predicted molar refractivity (Wildman–Crippen MR) is 121 cm³/mol. The fourth-order valence-electron chi connectivity index (χ4n) is 3.68. The Kier molecular flexibility index (Phi) is 3.51. The molecule has 12 nitrogen and oxygen atoms in total. The van der Waals surface area contributed by atoms with Crippen molar-refractivity contribution in [2.45, 2.75) is 25.7 Å². The first-order valence-corrected chi connectivity index (χ1v) is 10.1. The molecule has 5 rings (SSSR count). The highest BCUT2D eigenvalue weighted by atomic mass is 16.2. The molecule has 0 radical (unpaired) electrons. The van der Waals surface area contributed by atoms with E-state index in [1.165, 1.54) is 22.0 Å². The molecule has 170 valence electrons. The minimum Gasteiger partial charge on any atom is -0.363 e. The van der Waals surface area contributed by atoms with E-state index in [9.17, 15) is 9.59 Å². The lowest BCUT2D eigenvalue weighted by Crippen LogP contribution is -2.28. The number of fused-ring (bicyclic) bond motifs is 3. The average Bonchev–Trinajstić information content (AvgIpc) is 3.59. The summed E-state index contributed by atoms with van der Waals surface area (Å²) in [5.74, 6) is -1.25. The van der Waals surface area contributed by atoms with Crippen LogP contribution in [-0.2, 0) is 11.8 Å². The zero-order chi connectivity index (χ0) is 28.3. The molecular weight excluding hydrogens is 424 g/mol. The Bertz CT molecular complexity index is 1470. The van der Waals surface area contributed by atoms with E-state index in [0.29, 0.717) is 16.9 Å². The number of anilines is 4. The maximum Gasteiger partial charge on any atom is 0.273 e. The maximum atomic E-state index is 12.8. The molecule has 1 aliphatic heterocycles. The predicted octanol–water partition coefficient (Wildman–Crippen LogP) is 1.63. The van der Waals surface area contributed by atoms with E-state index in [2.05, 4.69) is 36.0 Å². The van der Waals surface area contributed by atoms with E-state index in [1.807, 2.05) is 5.32 Å². The number of carbonyl (C=O) groups excluding carboxylic acids is 2. The summed E-state index contributed by atoms with van der Waals surface area (Å²) in [6.07, 6.45) is 2.98. The zero-order valence-electron chi connectivity index (χ0n) is 23.7. The first-order chi connectivity index (χ1) is 18.2. The van der Waals surface area contributed by atoms with Crippen molar-refractivity contribution in [1.29, 1.82) is 0 Å². The van der Waals surface area contributed by atoms with Crippen molar-refractivity contribution in [2.24, 2.45) is 13.0 Å². The molecule has 1 aliphatic carbocycles. The van der Waals surface area contributed by atoms with Crippen LogP contribution in [0.1, 0.15) is 50.1 Å². The molecule has 0 aromatic carbocycles. The van der Waals surface area contributed by atoms with Crippen LogP contribution in [0.3, 0.4) is 0 Å². The molecule has 1 fully saturated rings. The average molecular weight is 455 g/mol. The molecular formula is C21H24N10O2. The molecule has 3 aromatic rings. The number of hydrogen-bond acceptors (Lipinski definition) is 9. The molecule has 0 unspecified atom stereocenters. The van der Waals surface area contributed by atoms with Gasteiger partial charge in [-0.2, -0.15) is 15.0 Å². The van der Waals surface area contributed by atoms with Crippen LogP contribution in [-0.4, -0.2) is 56.0 Å². The van der Waals surface area contributed by atoms with Crippen molar-refractivity contribution in [3.05, 3.63) is 29.7 Å². The van der Waals surface area contributed by atoms with Gasteiger partial charge in [-0.05, 0) is 25.8 Å². The van der Waals surface area contributed by atoms with Crippen molar-refractivity contribution in [3.63, 3.8) is 0 Å². The number of hydrogen-bond donors (Lipinski definition) is 3. The zero-order valence-corrected chi connectivity index (χ0v) is 17.7. The van der Waals surface area contributed by atoms with Crippen LogP contribution in [0.2, 0.25) is 0 Å². The van der Waals surface area contributed by atoms with Gasteiger partial charge in [-0.1, -0.05) is 0 Å². The third-order valence-corrected chi connectivity index (χ3v) is 5.49. The molecule has 33 heavy (non-hydrogen) atoms. The van der Waals surface area contributed by atoms with Gasteiger partial charge < -0.3 is 20.9 Å². The van der Waals surface area contributed by atoms with E-state index >= 15 is 0 Å². The second-order valence-electron chi connectivity index (χ2n) is 7.83. The Labute approximate surface area is 198 Å². The van der Waals surface area contributed by atoms with E-state index in [4.69, 9.17) is 8.22 Å².